The molecule has 0 amide bonds. The van der Waals surface area contributed by atoms with Crippen molar-refractivity contribution in [3.63, 3.8) is 0 Å². The molecule has 0 aliphatic carbocycles. The highest BCUT2D eigenvalue weighted by Gasteiger charge is 2.34. The van der Waals surface area contributed by atoms with Gasteiger partial charge in [-0.3, -0.25) is 4.57 Å². The Bertz CT molecular complexity index is 271. The molecule has 0 rings (SSSR count). The molecule has 0 aromatic carbocycles. The summed E-state index contributed by atoms with van der Waals surface area (Å²) < 4.78 is 19.2. The van der Waals surface area contributed by atoms with Gasteiger partial charge in [0, 0.05) is 12.6 Å². The quantitative estimate of drug-likeness (QED) is 0.660. The van der Waals surface area contributed by atoms with Crippen LogP contribution in [0.15, 0.2) is 0 Å². The first kappa shape index (κ1) is 14.6. The molecule has 0 aromatic rings. The Morgan fingerprint density at radius 3 is 2.20 bits per heavy atom. The Hall–Kier alpha value is -0.360. The van der Waals surface area contributed by atoms with Crippen LogP contribution in [-0.4, -0.2) is 23.4 Å². The molecule has 5 heteroatoms. The van der Waals surface area contributed by atoms with Crippen LogP contribution >= 0.6 is 7.52 Å². The van der Waals surface area contributed by atoms with E-state index < -0.39 is 7.52 Å². The highest BCUT2D eigenvalue weighted by molar-refractivity contribution is 7.61. The molecule has 0 radical (unpaired) electrons. The van der Waals surface area contributed by atoms with E-state index in [4.69, 9.17) is 9.79 Å². The number of hydrogen-bond donors (Lipinski definition) is 0. The Labute approximate surface area is 92.7 Å². The van der Waals surface area contributed by atoms with E-state index in [1.807, 2.05) is 26.6 Å². The molecular formula is C10H21N2O2P. The van der Waals surface area contributed by atoms with Crippen molar-refractivity contribution in [1.82, 2.24) is 4.67 Å². The molecule has 0 heterocycles. The fourth-order valence-corrected chi connectivity index (χ4v) is 3.28. The smallest absolute Gasteiger partial charge is 0.304 e. The van der Waals surface area contributed by atoms with Crippen LogP contribution in [0.4, 0.5) is 0 Å². The van der Waals surface area contributed by atoms with E-state index >= 15 is 0 Å². The molecule has 0 saturated carbocycles. The van der Waals surface area contributed by atoms with Gasteiger partial charge in [-0.15, -0.1) is 0 Å². The molecule has 0 aliphatic rings. The largest absolute Gasteiger partial charge is 0.371 e. The van der Waals surface area contributed by atoms with E-state index in [-0.39, 0.29) is 12.1 Å². The van der Waals surface area contributed by atoms with Gasteiger partial charge in [0.05, 0.1) is 6.10 Å². The van der Waals surface area contributed by atoms with E-state index in [0.29, 0.717) is 6.54 Å². The first-order valence-corrected chi connectivity index (χ1v) is 6.92. The molecule has 1 unspecified atom stereocenters. The van der Waals surface area contributed by atoms with Crippen LogP contribution in [-0.2, 0) is 9.09 Å². The predicted octanol–water partition coefficient (Wildman–Crippen LogP) is 3.21. The van der Waals surface area contributed by atoms with Crippen molar-refractivity contribution >= 4 is 7.52 Å². The van der Waals surface area contributed by atoms with Gasteiger partial charge in [0.1, 0.15) is 0 Å². The molecule has 0 saturated heterocycles. The number of hydrogen-bond acceptors (Lipinski definition) is 3. The van der Waals surface area contributed by atoms with Crippen LogP contribution in [0.1, 0.15) is 41.0 Å². The summed E-state index contributed by atoms with van der Waals surface area (Å²) in [6, 6.07) is 0.0502. The lowest BCUT2D eigenvalue weighted by Gasteiger charge is -2.30. The molecule has 0 spiro atoms. The summed E-state index contributed by atoms with van der Waals surface area (Å²) in [6.45, 7) is 10.0. The molecule has 1 atom stereocenters. The molecule has 0 N–H and O–H groups in total. The average molecular weight is 232 g/mol. The van der Waals surface area contributed by atoms with E-state index in [9.17, 15) is 4.57 Å². The molecule has 0 aliphatic heterocycles. The molecule has 15 heavy (non-hydrogen) atoms. The van der Waals surface area contributed by atoms with E-state index in [0.717, 1.165) is 6.42 Å². The monoisotopic (exact) mass is 232 g/mol. The van der Waals surface area contributed by atoms with Crippen molar-refractivity contribution < 1.29 is 9.09 Å². The maximum atomic E-state index is 12.3. The van der Waals surface area contributed by atoms with Crippen LogP contribution in [0.2, 0.25) is 0 Å². The third kappa shape index (κ3) is 4.34. The maximum absolute atomic E-state index is 12.3. The minimum atomic E-state index is -3.30. The van der Waals surface area contributed by atoms with Crippen LogP contribution in [0.25, 0.3) is 0 Å². The Kier molecular flexibility index (Phi) is 6.12. The summed E-state index contributed by atoms with van der Waals surface area (Å²) in [5, 5.41) is 9.00. The molecule has 0 aromatic heterocycles. The topological polar surface area (TPSA) is 53.3 Å². The van der Waals surface area contributed by atoms with Crippen molar-refractivity contribution in [2.75, 3.05) is 6.54 Å². The van der Waals surface area contributed by atoms with Gasteiger partial charge < -0.3 is 4.52 Å². The first-order valence-electron chi connectivity index (χ1n) is 5.34. The Balaban J connectivity index is 4.88. The summed E-state index contributed by atoms with van der Waals surface area (Å²) in [5.41, 5.74) is 0. The molecule has 0 bridgehead atoms. The third-order valence-electron chi connectivity index (χ3n) is 1.87. The maximum Gasteiger partial charge on any atom is 0.371 e. The number of nitriles is 1. The van der Waals surface area contributed by atoms with Gasteiger partial charge in [-0.2, -0.15) is 5.26 Å². The van der Waals surface area contributed by atoms with Crippen LogP contribution in [0.5, 0.6) is 0 Å². The Morgan fingerprint density at radius 1 is 1.40 bits per heavy atom. The predicted molar refractivity (Wildman–Crippen MR) is 61.6 cm³/mol. The minimum Gasteiger partial charge on any atom is -0.304 e. The van der Waals surface area contributed by atoms with Crippen molar-refractivity contribution in [2.45, 2.75) is 53.2 Å². The zero-order valence-electron chi connectivity index (χ0n) is 10.2. The molecule has 0 fully saturated rings. The lowest BCUT2D eigenvalue weighted by atomic mass is 10.4. The highest BCUT2D eigenvalue weighted by Crippen LogP contribution is 2.51. The van der Waals surface area contributed by atoms with Crippen molar-refractivity contribution in [1.29, 1.82) is 5.26 Å². The SMILES string of the molecule is CCCN(C(C)C)P(=O)(C#N)OC(C)C. The molecular weight excluding hydrogens is 211 g/mol. The second-order valence-corrected chi connectivity index (χ2v) is 6.00. The van der Waals surface area contributed by atoms with Crippen LogP contribution in [0, 0.1) is 11.1 Å². The summed E-state index contributed by atoms with van der Waals surface area (Å²) in [6.07, 6.45) is 0.652. The van der Waals surface area contributed by atoms with Gasteiger partial charge in [-0.05, 0) is 34.1 Å². The summed E-state index contributed by atoms with van der Waals surface area (Å²) in [7, 11) is -3.30. The first-order chi connectivity index (χ1) is 6.87. The van der Waals surface area contributed by atoms with E-state index in [1.54, 1.807) is 18.5 Å². The van der Waals surface area contributed by atoms with Crippen molar-refractivity contribution in [3.05, 3.63) is 0 Å². The Morgan fingerprint density at radius 2 is 1.93 bits per heavy atom. The third-order valence-corrected chi connectivity index (χ3v) is 4.17. The fourth-order valence-electron chi connectivity index (χ4n) is 1.35. The summed E-state index contributed by atoms with van der Waals surface area (Å²) in [4.78, 5) is 0. The van der Waals surface area contributed by atoms with Gasteiger partial charge in [-0.1, -0.05) is 6.92 Å². The minimum absolute atomic E-state index is 0.0502. The molecule has 88 valence electrons. The van der Waals surface area contributed by atoms with Gasteiger partial charge in [-0.25, -0.2) is 4.67 Å². The average Bonchev–Trinajstić information content (AvgIpc) is 2.12. The van der Waals surface area contributed by atoms with Crippen molar-refractivity contribution in [2.24, 2.45) is 0 Å². The highest BCUT2D eigenvalue weighted by atomic mass is 31.2. The van der Waals surface area contributed by atoms with Crippen LogP contribution < -0.4 is 0 Å². The van der Waals surface area contributed by atoms with Crippen molar-refractivity contribution in [3.8, 4) is 5.81 Å². The second-order valence-electron chi connectivity index (χ2n) is 4.03. The van der Waals surface area contributed by atoms with Crippen LogP contribution in [0.3, 0.4) is 0 Å². The molecule has 4 nitrogen and oxygen atoms in total. The second kappa shape index (κ2) is 6.27. The van der Waals surface area contributed by atoms with Gasteiger partial charge in [0.15, 0.2) is 5.81 Å². The summed E-state index contributed by atoms with van der Waals surface area (Å²) in [5.74, 6) is 1.84. The lowest BCUT2D eigenvalue weighted by Crippen LogP contribution is -2.29. The van der Waals surface area contributed by atoms with Gasteiger partial charge in [0.2, 0.25) is 0 Å². The van der Waals surface area contributed by atoms with Gasteiger partial charge in [0.25, 0.3) is 0 Å². The number of rotatable bonds is 6. The van der Waals surface area contributed by atoms with E-state index in [2.05, 4.69) is 0 Å². The number of nitrogens with zero attached hydrogens (tertiary/aromatic N) is 2. The van der Waals surface area contributed by atoms with E-state index in [1.165, 1.54) is 0 Å². The van der Waals surface area contributed by atoms with Gasteiger partial charge >= 0.3 is 7.52 Å². The fraction of sp³-hybridized carbons (Fsp3) is 0.900. The summed E-state index contributed by atoms with van der Waals surface area (Å²) >= 11 is 0. The zero-order valence-corrected chi connectivity index (χ0v) is 11.1. The normalized spacial score (nSPS) is 15.7. The standard InChI is InChI=1S/C10H21N2O2P/c1-6-7-12(9(2)3)15(13,8-11)14-10(4)5/h9-10H,6-7H2,1-5H3. The zero-order chi connectivity index (χ0) is 12.1. The lowest BCUT2D eigenvalue weighted by molar-refractivity contribution is 0.203.